The lowest BCUT2D eigenvalue weighted by Crippen LogP contribution is -2.39. The standard InChI is InChI=1S/C19H25ClN4O2/c1-2-21-19(23-11-12-26-18-17(20)9-6-10-22-18)24-13-16(14-25)15-7-4-3-5-8-15/h3-10,16,25H,2,11-14H2,1H3,(H2,21,23,24). The first kappa shape index (κ1) is 20.0. The Kier molecular flexibility index (Phi) is 8.72. The molecule has 7 heteroatoms. The molecule has 1 heterocycles. The van der Waals surface area contributed by atoms with Crippen molar-refractivity contribution in [3.8, 4) is 5.88 Å². The minimum atomic E-state index is -0.0322. The van der Waals surface area contributed by atoms with Crippen LogP contribution in [0.5, 0.6) is 5.88 Å². The molecule has 0 saturated carbocycles. The fourth-order valence-electron chi connectivity index (χ4n) is 2.33. The summed E-state index contributed by atoms with van der Waals surface area (Å²) in [6.07, 6.45) is 1.64. The van der Waals surface area contributed by atoms with Crippen LogP contribution in [-0.2, 0) is 0 Å². The molecule has 0 aliphatic rings. The minimum absolute atomic E-state index is 0.0322. The van der Waals surface area contributed by atoms with Crippen molar-refractivity contribution < 1.29 is 9.84 Å². The lowest BCUT2D eigenvalue weighted by molar-refractivity contribution is 0.268. The molecule has 0 fully saturated rings. The van der Waals surface area contributed by atoms with Crippen LogP contribution in [0.2, 0.25) is 5.02 Å². The molecule has 2 aromatic rings. The fourth-order valence-corrected chi connectivity index (χ4v) is 2.51. The topological polar surface area (TPSA) is 78.8 Å². The van der Waals surface area contributed by atoms with E-state index in [9.17, 15) is 5.11 Å². The summed E-state index contributed by atoms with van der Waals surface area (Å²) in [6, 6.07) is 13.4. The van der Waals surface area contributed by atoms with Crippen LogP contribution < -0.4 is 15.4 Å². The maximum Gasteiger partial charge on any atom is 0.232 e. The Morgan fingerprint density at radius 1 is 1.23 bits per heavy atom. The molecule has 2 rings (SSSR count). The van der Waals surface area contributed by atoms with Crippen molar-refractivity contribution in [2.45, 2.75) is 12.8 Å². The second kappa shape index (κ2) is 11.3. The van der Waals surface area contributed by atoms with Crippen LogP contribution in [0.15, 0.2) is 53.7 Å². The summed E-state index contributed by atoms with van der Waals surface area (Å²) < 4.78 is 5.55. The summed E-state index contributed by atoms with van der Waals surface area (Å²) in [4.78, 5) is 8.64. The van der Waals surface area contributed by atoms with E-state index in [0.717, 1.165) is 12.1 Å². The van der Waals surface area contributed by atoms with Crippen molar-refractivity contribution in [2.24, 2.45) is 4.99 Å². The molecule has 3 N–H and O–H groups in total. The van der Waals surface area contributed by atoms with E-state index in [1.807, 2.05) is 37.3 Å². The number of hydrogen-bond acceptors (Lipinski definition) is 4. The fraction of sp³-hybridized carbons (Fsp3) is 0.368. The highest BCUT2D eigenvalue weighted by Gasteiger charge is 2.10. The zero-order valence-electron chi connectivity index (χ0n) is 14.9. The molecule has 1 unspecified atom stereocenters. The average Bonchev–Trinajstić information content (AvgIpc) is 2.67. The molecule has 6 nitrogen and oxygen atoms in total. The van der Waals surface area contributed by atoms with Crippen LogP contribution in [0.3, 0.4) is 0 Å². The monoisotopic (exact) mass is 376 g/mol. The van der Waals surface area contributed by atoms with Crippen molar-refractivity contribution >= 4 is 17.6 Å². The normalized spacial score (nSPS) is 12.5. The molecule has 0 saturated heterocycles. The SMILES string of the molecule is CCNC(=NCC(CO)c1ccccc1)NCCOc1ncccc1Cl. The summed E-state index contributed by atoms with van der Waals surface area (Å²) in [5.41, 5.74) is 1.07. The Morgan fingerprint density at radius 2 is 2.04 bits per heavy atom. The van der Waals surface area contributed by atoms with E-state index in [2.05, 4.69) is 20.6 Å². The maximum absolute atomic E-state index is 9.64. The quantitative estimate of drug-likeness (QED) is 0.356. The van der Waals surface area contributed by atoms with E-state index in [-0.39, 0.29) is 12.5 Å². The van der Waals surface area contributed by atoms with E-state index >= 15 is 0 Å². The van der Waals surface area contributed by atoms with Crippen molar-refractivity contribution in [2.75, 3.05) is 32.8 Å². The van der Waals surface area contributed by atoms with Gasteiger partial charge in [0.05, 0.1) is 19.7 Å². The molecule has 0 aliphatic carbocycles. The first-order valence-corrected chi connectivity index (χ1v) is 9.03. The Balaban J connectivity index is 1.85. The van der Waals surface area contributed by atoms with Gasteiger partial charge in [-0.1, -0.05) is 41.9 Å². The maximum atomic E-state index is 9.64. The van der Waals surface area contributed by atoms with Gasteiger partial charge >= 0.3 is 0 Å². The first-order chi connectivity index (χ1) is 12.7. The number of benzene rings is 1. The molecule has 0 amide bonds. The van der Waals surface area contributed by atoms with Gasteiger partial charge in [0.25, 0.3) is 0 Å². The highest BCUT2D eigenvalue weighted by atomic mass is 35.5. The van der Waals surface area contributed by atoms with Crippen LogP contribution >= 0.6 is 11.6 Å². The number of halogens is 1. The number of aromatic nitrogens is 1. The van der Waals surface area contributed by atoms with E-state index in [0.29, 0.717) is 36.6 Å². The lowest BCUT2D eigenvalue weighted by atomic mass is 10.0. The Bertz CT molecular complexity index is 682. The van der Waals surface area contributed by atoms with Crippen molar-refractivity contribution in [3.63, 3.8) is 0 Å². The van der Waals surface area contributed by atoms with Crippen molar-refractivity contribution in [1.82, 2.24) is 15.6 Å². The third-order valence-corrected chi connectivity index (χ3v) is 3.95. The number of hydrogen-bond donors (Lipinski definition) is 3. The van der Waals surface area contributed by atoms with Gasteiger partial charge in [-0.05, 0) is 24.6 Å². The number of ether oxygens (including phenoxy) is 1. The predicted molar refractivity (Wildman–Crippen MR) is 105 cm³/mol. The van der Waals surface area contributed by atoms with Crippen LogP contribution in [-0.4, -0.2) is 48.9 Å². The predicted octanol–water partition coefficient (Wildman–Crippen LogP) is 2.44. The number of guanidine groups is 1. The molecule has 0 aliphatic heterocycles. The van der Waals surface area contributed by atoms with Crippen molar-refractivity contribution in [1.29, 1.82) is 0 Å². The second-order valence-electron chi connectivity index (χ2n) is 5.58. The average molecular weight is 377 g/mol. The van der Waals surface area contributed by atoms with Gasteiger partial charge < -0.3 is 20.5 Å². The number of aliphatic imine (C=N–C) groups is 1. The Morgan fingerprint density at radius 3 is 2.73 bits per heavy atom. The third-order valence-electron chi connectivity index (χ3n) is 3.66. The van der Waals surface area contributed by atoms with Gasteiger partial charge in [0.1, 0.15) is 11.6 Å². The number of aliphatic hydroxyl groups excluding tert-OH is 1. The second-order valence-corrected chi connectivity index (χ2v) is 5.98. The number of nitrogens with zero attached hydrogens (tertiary/aromatic N) is 2. The van der Waals surface area contributed by atoms with Crippen LogP contribution in [0.25, 0.3) is 0 Å². The summed E-state index contributed by atoms with van der Waals surface area (Å²) in [7, 11) is 0. The highest BCUT2D eigenvalue weighted by molar-refractivity contribution is 6.31. The van der Waals surface area contributed by atoms with Gasteiger partial charge in [0.15, 0.2) is 5.96 Å². The van der Waals surface area contributed by atoms with Crippen LogP contribution in [0.4, 0.5) is 0 Å². The number of rotatable bonds is 9. The number of nitrogens with one attached hydrogen (secondary N) is 2. The third kappa shape index (κ3) is 6.54. The first-order valence-electron chi connectivity index (χ1n) is 8.66. The Hall–Kier alpha value is -2.31. The van der Waals surface area contributed by atoms with E-state index in [1.54, 1.807) is 18.3 Å². The molecule has 1 aromatic heterocycles. The zero-order chi connectivity index (χ0) is 18.6. The van der Waals surface area contributed by atoms with Gasteiger partial charge in [-0.25, -0.2) is 4.98 Å². The zero-order valence-corrected chi connectivity index (χ0v) is 15.6. The summed E-state index contributed by atoms with van der Waals surface area (Å²) in [5.74, 6) is 1.06. The highest BCUT2D eigenvalue weighted by Crippen LogP contribution is 2.19. The van der Waals surface area contributed by atoms with Gasteiger partial charge in [0, 0.05) is 18.7 Å². The van der Waals surface area contributed by atoms with E-state index in [4.69, 9.17) is 16.3 Å². The minimum Gasteiger partial charge on any atom is -0.475 e. The van der Waals surface area contributed by atoms with Gasteiger partial charge in [-0.3, -0.25) is 4.99 Å². The van der Waals surface area contributed by atoms with Crippen LogP contribution in [0, 0.1) is 0 Å². The van der Waals surface area contributed by atoms with Gasteiger partial charge in [-0.15, -0.1) is 0 Å². The van der Waals surface area contributed by atoms with E-state index < -0.39 is 0 Å². The van der Waals surface area contributed by atoms with Crippen molar-refractivity contribution in [3.05, 3.63) is 59.2 Å². The van der Waals surface area contributed by atoms with Crippen LogP contribution in [0.1, 0.15) is 18.4 Å². The summed E-state index contributed by atoms with van der Waals surface area (Å²) >= 11 is 6.01. The summed E-state index contributed by atoms with van der Waals surface area (Å²) in [5, 5.41) is 16.5. The largest absolute Gasteiger partial charge is 0.475 e. The smallest absolute Gasteiger partial charge is 0.232 e. The number of aliphatic hydroxyl groups is 1. The molecule has 140 valence electrons. The molecule has 1 aromatic carbocycles. The number of pyridine rings is 1. The van der Waals surface area contributed by atoms with E-state index in [1.165, 1.54) is 0 Å². The summed E-state index contributed by atoms with van der Waals surface area (Å²) in [6.45, 7) is 4.24. The van der Waals surface area contributed by atoms with Gasteiger partial charge in [-0.2, -0.15) is 0 Å². The molecule has 1 atom stereocenters. The molecule has 0 spiro atoms. The Labute approximate surface area is 159 Å². The molecular weight excluding hydrogens is 352 g/mol. The molecule has 26 heavy (non-hydrogen) atoms. The molecule has 0 bridgehead atoms. The molecule has 0 radical (unpaired) electrons. The molecular formula is C19H25ClN4O2. The lowest BCUT2D eigenvalue weighted by Gasteiger charge is -2.15. The van der Waals surface area contributed by atoms with Gasteiger partial charge in [0.2, 0.25) is 5.88 Å².